The second-order valence-corrected chi connectivity index (χ2v) is 7.25. The van der Waals surface area contributed by atoms with E-state index < -0.39 is 0 Å². The van der Waals surface area contributed by atoms with Gasteiger partial charge in [-0.05, 0) is 31.9 Å². The summed E-state index contributed by atoms with van der Waals surface area (Å²) in [4.78, 5) is 17.2. The minimum atomic E-state index is -0.0480. The number of benzene rings is 1. The van der Waals surface area contributed by atoms with E-state index in [1.165, 1.54) is 11.3 Å². The van der Waals surface area contributed by atoms with Crippen molar-refractivity contribution in [2.45, 2.75) is 52.4 Å². The van der Waals surface area contributed by atoms with Crippen LogP contribution in [0.2, 0.25) is 0 Å². The van der Waals surface area contributed by atoms with E-state index in [4.69, 9.17) is 0 Å². The van der Waals surface area contributed by atoms with Crippen LogP contribution in [-0.2, 0) is 37.3 Å². The van der Waals surface area contributed by atoms with Crippen molar-refractivity contribution >= 4 is 11.6 Å². The van der Waals surface area contributed by atoms with Gasteiger partial charge in [0.2, 0.25) is 5.91 Å². The lowest BCUT2D eigenvalue weighted by Gasteiger charge is -2.30. The number of aryl methyl sites for hydroxylation is 1. The summed E-state index contributed by atoms with van der Waals surface area (Å²) in [6.07, 6.45) is 1.79. The summed E-state index contributed by atoms with van der Waals surface area (Å²) in [5.74, 6) is 0.152. The third-order valence-corrected chi connectivity index (χ3v) is 5.58. The normalized spacial score (nSPS) is 19.5. The first-order chi connectivity index (χ1) is 12.6. The smallest absolute Gasteiger partial charge is 0.241 e. The molecule has 1 amide bonds. The molecule has 1 atom stereocenters. The predicted octanol–water partition coefficient (Wildman–Crippen LogP) is 1.73. The first kappa shape index (κ1) is 17.2. The molecule has 0 saturated carbocycles. The van der Waals surface area contributed by atoms with Gasteiger partial charge in [0.05, 0.1) is 18.8 Å². The van der Waals surface area contributed by atoms with Crippen LogP contribution in [0.25, 0.3) is 0 Å². The van der Waals surface area contributed by atoms with Crippen LogP contribution in [0.1, 0.15) is 36.4 Å². The van der Waals surface area contributed by atoms with E-state index in [0.29, 0.717) is 13.1 Å². The van der Waals surface area contributed by atoms with Crippen molar-refractivity contribution < 1.29 is 9.90 Å². The van der Waals surface area contributed by atoms with E-state index in [1.807, 2.05) is 27.8 Å². The number of aromatic nitrogens is 2. The zero-order chi connectivity index (χ0) is 18.3. The van der Waals surface area contributed by atoms with Gasteiger partial charge in [-0.2, -0.15) is 5.10 Å². The molecule has 26 heavy (non-hydrogen) atoms. The Morgan fingerprint density at radius 1 is 1.35 bits per heavy atom. The summed E-state index contributed by atoms with van der Waals surface area (Å²) in [6, 6.07) is 8.39. The molecular weight excluding hydrogens is 328 g/mol. The zero-order valence-electron chi connectivity index (χ0n) is 15.5. The van der Waals surface area contributed by atoms with Crippen LogP contribution in [0.4, 0.5) is 5.69 Å². The number of aliphatic hydroxyl groups excluding tert-OH is 1. The van der Waals surface area contributed by atoms with Gasteiger partial charge in [-0.3, -0.25) is 14.4 Å². The molecule has 6 heteroatoms. The molecule has 2 aliphatic rings. The van der Waals surface area contributed by atoms with Crippen molar-refractivity contribution in [1.82, 2.24) is 14.7 Å². The first-order valence-corrected chi connectivity index (χ1v) is 9.43. The van der Waals surface area contributed by atoms with Gasteiger partial charge in [-0.25, -0.2) is 0 Å². The van der Waals surface area contributed by atoms with E-state index in [9.17, 15) is 9.90 Å². The molecule has 1 aromatic heterocycles. The summed E-state index contributed by atoms with van der Waals surface area (Å²) >= 11 is 0. The molecule has 1 N–H and O–H groups in total. The van der Waals surface area contributed by atoms with Crippen molar-refractivity contribution in [2.24, 2.45) is 0 Å². The molecule has 2 aromatic rings. The van der Waals surface area contributed by atoms with Gasteiger partial charge in [0, 0.05) is 49.0 Å². The van der Waals surface area contributed by atoms with Crippen LogP contribution in [0.15, 0.2) is 24.3 Å². The van der Waals surface area contributed by atoms with Gasteiger partial charge >= 0.3 is 0 Å². The fourth-order valence-corrected chi connectivity index (χ4v) is 4.35. The van der Waals surface area contributed by atoms with E-state index in [2.05, 4.69) is 29.9 Å². The Hall–Kier alpha value is -2.18. The predicted molar refractivity (Wildman–Crippen MR) is 99.9 cm³/mol. The highest BCUT2D eigenvalue weighted by atomic mass is 16.3. The van der Waals surface area contributed by atoms with Gasteiger partial charge in [-0.15, -0.1) is 0 Å². The largest absolute Gasteiger partial charge is 0.390 e. The molecule has 0 aliphatic carbocycles. The van der Waals surface area contributed by atoms with Gasteiger partial charge in [-0.1, -0.05) is 18.2 Å². The quantitative estimate of drug-likeness (QED) is 0.908. The third kappa shape index (κ3) is 2.83. The number of rotatable bonds is 4. The highest BCUT2D eigenvalue weighted by molar-refractivity contribution is 5.97. The van der Waals surface area contributed by atoms with Crippen LogP contribution < -0.4 is 4.90 Å². The molecule has 0 fully saturated rings. The molecule has 4 rings (SSSR count). The molecule has 6 nitrogen and oxygen atoms in total. The van der Waals surface area contributed by atoms with Crippen LogP contribution >= 0.6 is 0 Å². The van der Waals surface area contributed by atoms with Crippen LogP contribution in [0.3, 0.4) is 0 Å². The van der Waals surface area contributed by atoms with Crippen molar-refractivity contribution in [2.75, 3.05) is 18.0 Å². The van der Waals surface area contributed by atoms with Crippen LogP contribution in [0.5, 0.6) is 0 Å². The second kappa shape index (κ2) is 6.85. The lowest BCUT2D eigenvalue weighted by molar-refractivity contribution is -0.120. The average molecular weight is 354 g/mol. The number of carbonyl (C=O) groups excluding carboxylic acids is 1. The van der Waals surface area contributed by atoms with Crippen molar-refractivity contribution in [3.63, 3.8) is 0 Å². The second-order valence-electron chi connectivity index (χ2n) is 7.25. The third-order valence-electron chi connectivity index (χ3n) is 5.58. The van der Waals surface area contributed by atoms with Gasteiger partial charge < -0.3 is 10.0 Å². The van der Waals surface area contributed by atoms with Gasteiger partial charge in [0.25, 0.3) is 0 Å². The van der Waals surface area contributed by atoms with E-state index in [1.54, 1.807) is 0 Å². The lowest BCUT2D eigenvalue weighted by atomic mass is 10.1. The Labute approximate surface area is 154 Å². The van der Waals surface area contributed by atoms with E-state index in [-0.39, 0.29) is 18.6 Å². The summed E-state index contributed by atoms with van der Waals surface area (Å²) < 4.78 is 1.98. The summed E-state index contributed by atoms with van der Waals surface area (Å²) in [5.41, 5.74) is 5.36. The maximum absolute atomic E-state index is 13.0. The van der Waals surface area contributed by atoms with Crippen molar-refractivity contribution in [3.05, 3.63) is 46.8 Å². The monoisotopic (exact) mass is 354 g/mol. The Morgan fingerprint density at radius 2 is 2.15 bits per heavy atom. The number of aliphatic hydroxyl groups is 1. The minimum absolute atomic E-state index is 0.0480. The number of nitrogens with zero attached hydrogens (tertiary/aromatic N) is 4. The van der Waals surface area contributed by atoms with Crippen molar-refractivity contribution in [3.8, 4) is 0 Å². The molecule has 0 bridgehead atoms. The fraction of sp³-hybridized carbons (Fsp3) is 0.500. The van der Waals surface area contributed by atoms with Gasteiger partial charge in [0.15, 0.2) is 0 Å². The topological polar surface area (TPSA) is 61.6 Å². The Bertz CT molecular complexity index is 829. The average Bonchev–Trinajstić information content (AvgIpc) is 3.17. The molecule has 0 radical (unpaired) electrons. The molecule has 0 unspecified atom stereocenters. The first-order valence-electron chi connectivity index (χ1n) is 9.43. The minimum Gasteiger partial charge on any atom is -0.390 e. The molecular formula is C20H26N4O2. The standard InChI is InChI=1S/C20H26N4O2/c1-3-23-19-8-9-22(11-16(19)17(13-25)21-23)12-20(26)24-14(2)10-15-6-4-5-7-18(15)24/h4-7,14,25H,3,8-13H2,1-2H3/t14-/m0/s1. The molecule has 1 aromatic carbocycles. The summed E-state index contributed by atoms with van der Waals surface area (Å²) in [5, 5.41) is 14.1. The maximum atomic E-state index is 13.0. The highest BCUT2D eigenvalue weighted by Gasteiger charge is 2.32. The number of anilines is 1. The van der Waals surface area contributed by atoms with Crippen LogP contribution in [-0.4, -0.2) is 44.8 Å². The Kier molecular flexibility index (Phi) is 4.54. The Morgan fingerprint density at radius 3 is 2.92 bits per heavy atom. The maximum Gasteiger partial charge on any atom is 0.241 e. The summed E-state index contributed by atoms with van der Waals surface area (Å²) in [7, 11) is 0. The molecule has 2 aliphatic heterocycles. The number of amides is 1. The molecule has 0 spiro atoms. The highest BCUT2D eigenvalue weighted by Crippen LogP contribution is 2.32. The molecule has 138 valence electrons. The van der Waals surface area contributed by atoms with E-state index >= 15 is 0 Å². The van der Waals surface area contributed by atoms with Crippen LogP contribution in [0, 0.1) is 0 Å². The fourth-order valence-electron chi connectivity index (χ4n) is 4.35. The SMILES string of the molecule is CCn1nc(CO)c2c1CCN(CC(=O)N1c3ccccc3C[C@@H]1C)C2. The number of hydrogen-bond acceptors (Lipinski definition) is 4. The van der Waals surface area contributed by atoms with E-state index in [0.717, 1.165) is 42.9 Å². The lowest BCUT2D eigenvalue weighted by Crippen LogP contribution is -2.44. The number of carbonyl (C=O) groups is 1. The number of fused-ring (bicyclic) bond motifs is 2. The Balaban J connectivity index is 1.51. The number of para-hydroxylation sites is 1. The molecule has 0 saturated heterocycles. The zero-order valence-corrected chi connectivity index (χ0v) is 15.5. The summed E-state index contributed by atoms with van der Waals surface area (Å²) in [6.45, 7) is 6.87. The van der Waals surface area contributed by atoms with Crippen molar-refractivity contribution in [1.29, 1.82) is 0 Å². The van der Waals surface area contributed by atoms with Gasteiger partial charge in [0.1, 0.15) is 0 Å². The molecule has 3 heterocycles. The number of hydrogen-bond donors (Lipinski definition) is 1.